The Morgan fingerprint density at radius 1 is 0.741 bits per heavy atom. The number of nitrogens with zero attached hydrogens (tertiary/aromatic N) is 1. The summed E-state index contributed by atoms with van der Waals surface area (Å²) in [4.78, 5) is 3.15. The number of benzene rings is 3. The Morgan fingerprint density at radius 2 is 1.22 bits per heavy atom. The highest BCUT2D eigenvalue weighted by Gasteiger charge is 2.38. The Balaban J connectivity index is 2.12. The monoisotopic (exact) mass is 369 g/mol. The third-order valence-corrected chi connectivity index (χ3v) is 6.18. The van der Waals surface area contributed by atoms with E-state index in [4.69, 9.17) is 12.2 Å². The minimum atomic E-state index is -0.178. The first-order valence-corrected chi connectivity index (χ1v) is 9.66. The Kier molecular flexibility index (Phi) is 4.45. The molecular weight excluding hydrogens is 346 g/mol. The van der Waals surface area contributed by atoms with Crippen molar-refractivity contribution in [1.29, 1.82) is 0 Å². The van der Waals surface area contributed by atoms with E-state index in [9.17, 15) is 0 Å². The molecule has 27 heavy (non-hydrogen) atoms. The van der Waals surface area contributed by atoms with Gasteiger partial charge in [0.2, 0.25) is 0 Å². The number of hydrogen-bond donors (Lipinski definition) is 0. The highest BCUT2D eigenvalue weighted by molar-refractivity contribution is 7.80. The first-order chi connectivity index (χ1) is 13.0. The molecular formula is C25H23NS. The summed E-state index contributed by atoms with van der Waals surface area (Å²) in [6.07, 6.45) is 0. The van der Waals surface area contributed by atoms with E-state index in [1.165, 1.54) is 33.5 Å². The molecule has 0 saturated heterocycles. The summed E-state index contributed by atoms with van der Waals surface area (Å²) >= 11 is 5.93. The molecule has 2 heteroatoms. The Bertz CT molecular complexity index is 975. The van der Waals surface area contributed by atoms with Crippen molar-refractivity contribution in [1.82, 2.24) is 4.90 Å². The van der Waals surface area contributed by atoms with Crippen molar-refractivity contribution in [2.75, 3.05) is 7.05 Å². The van der Waals surface area contributed by atoms with E-state index in [0.717, 1.165) is 4.99 Å². The van der Waals surface area contributed by atoms with E-state index in [-0.39, 0.29) is 5.41 Å². The minimum Gasteiger partial charge on any atom is -0.337 e. The molecule has 1 aliphatic rings. The molecule has 4 rings (SSSR count). The summed E-state index contributed by atoms with van der Waals surface area (Å²) in [5.74, 6) is 0. The van der Waals surface area contributed by atoms with Gasteiger partial charge in [0, 0.05) is 23.6 Å². The summed E-state index contributed by atoms with van der Waals surface area (Å²) in [6.45, 7) is 4.43. The van der Waals surface area contributed by atoms with Crippen LogP contribution in [-0.4, -0.2) is 16.9 Å². The molecule has 0 saturated carbocycles. The zero-order chi connectivity index (χ0) is 19.0. The van der Waals surface area contributed by atoms with Crippen molar-refractivity contribution >= 4 is 28.5 Å². The molecule has 0 radical (unpaired) electrons. The quantitative estimate of drug-likeness (QED) is 0.498. The smallest absolute Gasteiger partial charge is 0.0923 e. The van der Waals surface area contributed by atoms with Crippen LogP contribution in [0.2, 0.25) is 0 Å². The summed E-state index contributed by atoms with van der Waals surface area (Å²) in [7, 11) is 2.10. The molecule has 0 spiro atoms. The van der Waals surface area contributed by atoms with Gasteiger partial charge < -0.3 is 4.90 Å². The largest absolute Gasteiger partial charge is 0.337 e. The lowest BCUT2D eigenvalue weighted by molar-refractivity contribution is 0.585. The maximum atomic E-state index is 5.93. The maximum absolute atomic E-state index is 5.93. The standard InChI is InChI=1S/C25H23NS/c1-25(2)21-17-11-10-16-20(21)23(26(3)24(25)27)22(18-12-6-4-7-13-18)19-14-8-5-9-15-19/h4-17H,1-3H3. The third-order valence-electron chi connectivity index (χ3n) is 5.39. The SMILES string of the molecule is CN1C(=S)C(C)(C)c2ccccc2C1=C(c1ccccc1)c1ccccc1. The summed E-state index contributed by atoms with van der Waals surface area (Å²) in [5, 5.41) is 0. The highest BCUT2D eigenvalue weighted by atomic mass is 32.1. The lowest BCUT2D eigenvalue weighted by Gasteiger charge is -2.42. The van der Waals surface area contributed by atoms with Gasteiger partial charge in [0.05, 0.1) is 10.7 Å². The van der Waals surface area contributed by atoms with Gasteiger partial charge in [-0.1, -0.05) is 97.1 Å². The van der Waals surface area contributed by atoms with Gasteiger partial charge in [-0.2, -0.15) is 0 Å². The van der Waals surface area contributed by atoms with Crippen LogP contribution >= 0.6 is 12.2 Å². The average molecular weight is 370 g/mol. The molecule has 0 fully saturated rings. The number of likely N-dealkylation sites (N-methyl/N-ethyl adjacent to an activating group) is 1. The van der Waals surface area contributed by atoms with Gasteiger partial charge in [0.15, 0.2) is 0 Å². The normalized spacial score (nSPS) is 15.4. The molecule has 3 aromatic carbocycles. The van der Waals surface area contributed by atoms with Crippen molar-refractivity contribution in [3.63, 3.8) is 0 Å². The van der Waals surface area contributed by atoms with Crippen LogP contribution in [-0.2, 0) is 5.41 Å². The molecule has 134 valence electrons. The van der Waals surface area contributed by atoms with Crippen molar-refractivity contribution < 1.29 is 0 Å². The van der Waals surface area contributed by atoms with Crippen LogP contribution in [0.5, 0.6) is 0 Å². The van der Waals surface area contributed by atoms with Crippen LogP contribution in [0.3, 0.4) is 0 Å². The Hall–Kier alpha value is -2.71. The van der Waals surface area contributed by atoms with Crippen molar-refractivity contribution in [2.24, 2.45) is 0 Å². The molecule has 3 aromatic rings. The van der Waals surface area contributed by atoms with E-state index >= 15 is 0 Å². The molecule has 0 unspecified atom stereocenters. The average Bonchev–Trinajstić information content (AvgIpc) is 2.71. The van der Waals surface area contributed by atoms with Gasteiger partial charge in [0.1, 0.15) is 0 Å². The first-order valence-electron chi connectivity index (χ1n) is 9.25. The second-order valence-electron chi connectivity index (χ2n) is 7.49. The van der Waals surface area contributed by atoms with E-state index in [0.29, 0.717) is 0 Å². The van der Waals surface area contributed by atoms with Gasteiger partial charge in [-0.25, -0.2) is 0 Å². The molecule has 1 aliphatic heterocycles. The Morgan fingerprint density at radius 3 is 1.78 bits per heavy atom. The zero-order valence-electron chi connectivity index (χ0n) is 15.9. The highest BCUT2D eigenvalue weighted by Crippen LogP contribution is 2.44. The molecule has 0 bridgehead atoms. The predicted molar refractivity (Wildman–Crippen MR) is 119 cm³/mol. The topological polar surface area (TPSA) is 3.24 Å². The summed E-state index contributed by atoms with van der Waals surface area (Å²) in [6, 6.07) is 29.8. The fraction of sp³-hybridized carbons (Fsp3) is 0.160. The predicted octanol–water partition coefficient (Wildman–Crippen LogP) is 6.15. The van der Waals surface area contributed by atoms with E-state index < -0.39 is 0 Å². The van der Waals surface area contributed by atoms with Crippen molar-refractivity contribution in [3.8, 4) is 0 Å². The molecule has 1 heterocycles. The lowest BCUT2D eigenvalue weighted by Crippen LogP contribution is -2.44. The molecule has 0 aromatic heterocycles. The van der Waals surface area contributed by atoms with Crippen LogP contribution in [0.4, 0.5) is 0 Å². The fourth-order valence-electron chi connectivity index (χ4n) is 4.00. The zero-order valence-corrected chi connectivity index (χ0v) is 16.8. The summed E-state index contributed by atoms with van der Waals surface area (Å²) in [5.41, 5.74) is 7.14. The number of rotatable bonds is 2. The second kappa shape index (κ2) is 6.79. The van der Waals surface area contributed by atoms with Gasteiger partial charge in [0.25, 0.3) is 0 Å². The third kappa shape index (κ3) is 2.90. The van der Waals surface area contributed by atoms with Crippen LogP contribution in [0.15, 0.2) is 84.9 Å². The number of hydrogen-bond acceptors (Lipinski definition) is 1. The maximum Gasteiger partial charge on any atom is 0.0923 e. The lowest BCUT2D eigenvalue weighted by atomic mass is 9.75. The minimum absolute atomic E-state index is 0.178. The van der Waals surface area contributed by atoms with Gasteiger partial charge in [-0.05, 0) is 30.5 Å². The molecule has 1 nitrogen and oxygen atoms in total. The number of fused-ring (bicyclic) bond motifs is 1. The molecule has 0 atom stereocenters. The van der Waals surface area contributed by atoms with Crippen molar-refractivity contribution in [3.05, 3.63) is 107 Å². The van der Waals surface area contributed by atoms with Crippen LogP contribution in [0.1, 0.15) is 36.1 Å². The van der Waals surface area contributed by atoms with Crippen LogP contribution in [0, 0.1) is 0 Å². The number of thiocarbonyl (C=S) groups is 1. The molecule has 0 amide bonds. The fourth-order valence-corrected chi connectivity index (χ4v) is 4.20. The van der Waals surface area contributed by atoms with E-state index in [1.54, 1.807) is 0 Å². The first kappa shape index (κ1) is 17.7. The summed E-state index contributed by atoms with van der Waals surface area (Å²) < 4.78 is 0. The van der Waals surface area contributed by atoms with Crippen LogP contribution < -0.4 is 0 Å². The van der Waals surface area contributed by atoms with E-state index in [2.05, 4.69) is 111 Å². The van der Waals surface area contributed by atoms with E-state index in [1.807, 2.05) is 0 Å². The van der Waals surface area contributed by atoms with Gasteiger partial charge in [-0.3, -0.25) is 0 Å². The Labute approximate surface area is 167 Å². The second-order valence-corrected chi connectivity index (χ2v) is 7.88. The van der Waals surface area contributed by atoms with Gasteiger partial charge >= 0.3 is 0 Å². The molecule has 0 aliphatic carbocycles. The molecule has 0 N–H and O–H groups in total. The van der Waals surface area contributed by atoms with Crippen LogP contribution in [0.25, 0.3) is 11.3 Å². The van der Waals surface area contributed by atoms with Gasteiger partial charge in [-0.15, -0.1) is 0 Å². The van der Waals surface area contributed by atoms with Crippen molar-refractivity contribution in [2.45, 2.75) is 19.3 Å².